The van der Waals surface area contributed by atoms with Crippen LogP contribution in [0, 0.1) is 6.92 Å². The standard InChI is InChI=1S/C18H21N/c1-14-4-2-5-15(12-14)7-8-16-9-10-18-17(13-16)6-3-11-19-18/h2,4-5,9-10,12-13,19H,3,6-8,11H2,1H3. The first-order valence-electron chi connectivity index (χ1n) is 7.22. The van der Waals surface area contributed by atoms with Crippen LogP contribution >= 0.6 is 0 Å². The third-order valence-electron chi connectivity index (χ3n) is 3.89. The van der Waals surface area contributed by atoms with Gasteiger partial charge in [0.1, 0.15) is 0 Å². The van der Waals surface area contributed by atoms with Crippen molar-refractivity contribution in [1.29, 1.82) is 0 Å². The maximum absolute atomic E-state index is 3.47. The summed E-state index contributed by atoms with van der Waals surface area (Å²) in [6.07, 6.45) is 4.75. The minimum atomic E-state index is 1.12. The van der Waals surface area contributed by atoms with Crippen LogP contribution in [0.25, 0.3) is 0 Å². The molecule has 0 amide bonds. The molecule has 0 unspecified atom stereocenters. The normalized spacial score (nSPS) is 13.7. The molecule has 0 fully saturated rings. The number of hydrogen-bond acceptors (Lipinski definition) is 1. The Morgan fingerprint density at radius 3 is 2.68 bits per heavy atom. The molecular formula is C18H21N. The molecule has 0 aliphatic carbocycles. The van der Waals surface area contributed by atoms with Crippen LogP contribution in [-0.4, -0.2) is 6.54 Å². The lowest BCUT2D eigenvalue weighted by molar-refractivity contribution is 0.825. The van der Waals surface area contributed by atoms with Gasteiger partial charge in [0.25, 0.3) is 0 Å². The highest BCUT2D eigenvalue weighted by Crippen LogP contribution is 2.23. The molecule has 3 rings (SSSR count). The van der Waals surface area contributed by atoms with Gasteiger partial charge in [-0.15, -0.1) is 0 Å². The molecule has 0 aromatic heterocycles. The fourth-order valence-electron chi connectivity index (χ4n) is 2.84. The van der Waals surface area contributed by atoms with E-state index in [1.807, 2.05) is 0 Å². The van der Waals surface area contributed by atoms with Crippen LogP contribution in [0.1, 0.15) is 28.7 Å². The van der Waals surface area contributed by atoms with Gasteiger partial charge in [-0.05, 0) is 55.4 Å². The number of aryl methyl sites for hydroxylation is 4. The molecule has 1 heterocycles. The number of anilines is 1. The number of benzene rings is 2. The maximum atomic E-state index is 3.47. The van der Waals surface area contributed by atoms with Crippen LogP contribution in [0.2, 0.25) is 0 Å². The van der Waals surface area contributed by atoms with E-state index >= 15 is 0 Å². The lowest BCUT2D eigenvalue weighted by Gasteiger charge is -2.18. The summed E-state index contributed by atoms with van der Waals surface area (Å²) < 4.78 is 0. The smallest absolute Gasteiger partial charge is 0.0372 e. The number of rotatable bonds is 3. The lowest BCUT2D eigenvalue weighted by Crippen LogP contribution is -2.11. The highest BCUT2D eigenvalue weighted by molar-refractivity contribution is 5.54. The molecule has 1 heteroatoms. The van der Waals surface area contributed by atoms with Gasteiger partial charge in [-0.25, -0.2) is 0 Å². The molecule has 98 valence electrons. The van der Waals surface area contributed by atoms with Crippen LogP contribution < -0.4 is 5.32 Å². The molecule has 19 heavy (non-hydrogen) atoms. The van der Waals surface area contributed by atoms with Crippen LogP contribution in [0.15, 0.2) is 42.5 Å². The third kappa shape index (κ3) is 2.98. The molecule has 1 aliphatic rings. The minimum Gasteiger partial charge on any atom is -0.385 e. The summed E-state index contributed by atoms with van der Waals surface area (Å²) in [6, 6.07) is 15.7. The van der Waals surface area contributed by atoms with Gasteiger partial charge in [-0.1, -0.05) is 42.0 Å². The highest BCUT2D eigenvalue weighted by Gasteiger charge is 2.08. The summed E-state index contributed by atoms with van der Waals surface area (Å²) in [5.74, 6) is 0. The molecule has 0 saturated heterocycles. The number of nitrogens with one attached hydrogen (secondary N) is 1. The SMILES string of the molecule is Cc1cccc(CCc2ccc3c(c2)CCCN3)c1. The number of hydrogen-bond donors (Lipinski definition) is 1. The molecular weight excluding hydrogens is 230 g/mol. The quantitative estimate of drug-likeness (QED) is 0.864. The van der Waals surface area contributed by atoms with Gasteiger partial charge in [0.2, 0.25) is 0 Å². The monoisotopic (exact) mass is 251 g/mol. The predicted molar refractivity (Wildman–Crippen MR) is 81.8 cm³/mol. The summed E-state index contributed by atoms with van der Waals surface area (Å²) in [4.78, 5) is 0. The summed E-state index contributed by atoms with van der Waals surface area (Å²) in [5, 5.41) is 3.47. The summed E-state index contributed by atoms with van der Waals surface area (Å²) >= 11 is 0. The summed E-state index contributed by atoms with van der Waals surface area (Å²) in [6.45, 7) is 3.28. The average molecular weight is 251 g/mol. The Bertz CT molecular complexity index is 572. The molecule has 2 aromatic rings. The van der Waals surface area contributed by atoms with E-state index in [1.165, 1.54) is 40.8 Å². The van der Waals surface area contributed by atoms with E-state index in [2.05, 4.69) is 54.7 Å². The van der Waals surface area contributed by atoms with Crippen molar-refractivity contribution >= 4 is 5.69 Å². The zero-order chi connectivity index (χ0) is 13.1. The van der Waals surface area contributed by atoms with Gasteiger partial charge in [0.15, 0.2) is 0 Å². The van der Waals surface area contributed by atoms with E-state index < -0.39 is 0 Å². The molecule has 2 aromatic carbocycles. The topological polar surface area (TPSA) is 12.0 Å². The predicted octanol–water partition coefficient (Wildman–Crippen LogP) is 4.14. The molecule has 0 bridgehead atoms. The van der Waals surface area contributed by atoms with Crippen LogP contribution in [0.5, 0.6) is 0 Å². The molecule has 1 N–H and O–H groups in total. The Balaban J connectivity index is 1.70. The fraction of sp³-hybridized carbons (Fsp3) is 0.333. The second kappa shape index (κ2) is 5.48. The second-order valence-electron chi connectivity index (χ2n) is 5.51. The second-order valence-corrected chi connectivity index (χ2v) is 5.51. The summed E-state index contributed by atoms with van der Waals surface area (Å²) in [7, 11) is 0. The third-order valence-corrected chi connectivity index (χ3v) is 3.89. The van der Waals surface area contributed by atoms with Gasteiger partial charge < -0.3 is 5.32 Å². The van der Waals surface area contributed by atoms with Crippen molar-refractivity contribution in [3.8, 4) is 0 Å². The molecule has 1 nitrogen and oxygen atoms in total. The van der Waals surface area contributed by atoms with Crippen molar-refractivity contribution in [1.82, 2.24) is 0 Å². The molecule has 0 saturated carbocycles. The van der Waals surface area contributed by atoms with Crippen molar-refractivity contribution in [2.75, 3.05) is 11.9 Å². The van der Waals surface area contributed by atoms with E-state index in [0.717, 1.165) is 19.4 Å². The van der Waals surface area contributed by atoms with Crippen molar-refractivity contribution < 1.29 is 0 Å². The maximum Gasteiger partial charge on any atom is 0.0372 e. The Hall–Kier alpha value is -1.76. The first-order valence-corrected chi connectivity index (χ1v) is 7.22. The van der Waals surface area contributed by atoms with Gasteiger partial charge in [0, 0.05) is 12.2 Å². The first-order chi connectivity index (χ1) is 9.31. The van der Waals surface area contributed by atoms with Gasteiger partial charge >= 0.3 is 0 Å². The average Bonchev–Trinajstić information content (AvgIpc) is 2.45. The Morgan fingerprint density at radius 1 is 1.00 bits per heavy atom. The highest BCUT2D eigenvalue weighted by atomic mass is 14.9. The Labute approximate surface area is 115 Å². The summed E-state index contributed by atoms with van der Waals surface area (Å²) in [5.41, 5.74) is 7.09. The minimum absolute atomic E-state index is 1.12. The van der Waals surface area contributed by atoms with Gasteiger partial charge in [0.05, 0.1) is 0 Å². The van der Waals surface area contributed by atoms with Crippen molar-refractivity contribution in [2.45, 2.75) is 32.6 Å². The zero-order valence-corrected chi connectivity index (χ0v) is 11.6. The van der Waals surface area contributed by atoms with E-state index in [0.29, 0.717) is 0 Å². The molecule has 0 spiro atoms. The van der Waals surface area contributed by atoms with E-state index in [9.17, 15) is 0 Å². The van der Waals surface area contributed by atoms with Crippen LogP contribution in [-0.2, 0) is 19.3 Å². The van der Waals surface area contributed by atoms with Crippen molar-refractivity contribution in [2.24, 2.45) is 0 Å². The van der Waals surface area contributed by atoms with Crippen molar-refractivity contribution in [3.63, 3.8) is 0 Å². The van der Waals surface area contributed by atoms with E-state index in [-0.39, 0.29) is 0 Å². The molecule has 0 radical (unpaired) electrons. The fourth-order valence-corrected chi connectivity index (χ4v) is 2.84. The Kier molecular flexibility index (Phi) is 3.54. The van der Waals surface area contributed by atoms with Crippen LogP contribution in [0.3, 0.4) is 0 Å². The number of fused-ring (bicyclic) bond motifs is 1. The van der Waals surface area contributed by atoms with Crippen LogP contribution in [0.4, 0.5) is 5.69 Å². The van der Waals surface area contributed by atoms with Gasteiger partial charge in [-0.2, -0.15) is 0 Å². The Morgan fingerprint density at radius 2 is 1.84 bits per heavy atom. The van der Waals surface area contributed by atoms with Crippen molar-refractivity contribution in [3.05, 3.63) is 64.7 Å². The molecule has 0 atom stereocenters. The first kappa shape index (κ1) is 12.3. The zero-order valence-electron chi connectivity index (χ0n) is 11.6. The van der Waals surface area contributed by atoms with Gasteiger partial charge in [-0.3, -0.25) is 0 Å². The largest absolute Gasteiger partial charge is 0.385 e. The lowest BCUT2D eigenvalue weighted by atomic mass is 9.97. The van der Waals surface area contributed by atoms with E-state index in [4.69, 9.17) is 0 Å². The molecule has 1 aliphatic heterocycles. The van der Waals surface area contributed by atoms with E-state index in [1.54, 1.807) is 0 Å².